The monoisotopic (exact) mass is 287 g/mol. The SMILES string of the molecule is O=C(O)c1ccc(C(=O)N2C[C@@H]3[C@H](C2)[C@H]2CC[C@H]3O2)cc1. The molecule has 1 aromatic rings. The van der Waals surface area contributed by atoms with Gasteiger partial charge in [-0.15, -0.1) is 0 Å². The lowest BCUT2D eigenvalue weighted by molar-refractivity contribution is 0.0592. The molecule has 1 N–H and O–H groups in total. The smallest absolute Gasteiger partial charge is 0.335 e. The Kier molecular flexibility index (Phi) is 2.79. The zero-order chi connectivity index (χ0) is 14.6. The molecule has 3 aliphatic rings. The number of hydrogen-bond donors (Lipinski definition) is 1. The Morgan fingerprint density at radius 1 is 1.00 bits per heavy atom. The lowest BCUT2D eigenvalue weighted by atomic mass is 9.82. The number of benzene rings is 1. The molecule has 0 radical (unpaired) electrons. The Hall–Kier alpha value is -1.88. The predicted molar refractivity (Wildman–Crippen MR) is 74.2 cm³/mol. The number of fused-ring (bicyclic) bond motifs is 5. The fourth-order valence-corrected chi connectivity index (χ4v) is 4.06. The molecule has 0 aliphatic carbocycles. The molecule has 4 atom stereocenters. The molecule has 4 rings (SSSR count). The first kappa shape index (κ1) is 12.8. The third-order valence-electron chi connectivity index (χ3n) is 5.12. The van der Waals surface area contributed by atoms with Gasteiger partial charge in [0.2, 0.25) is 0 Å². The number of rotatable bonds is 2. The molecule has 110 valence electrons. The molecular formula is C16H17NO4. The lowest BCUT2D eigenvalue weighted by Crippen LogP contribution is -2.31. The Morgan fingerprint density at radius 3 is 2.05 bits per heavy atom. The van der Waals surface area contributed by atoms with Gasteiger partial charge in [-0.3, -0.25) is 4.79 Å². The van der Waals surface area contributed by atoms with Crippen LogP contribution in [0.5, 0.6) is 0 Å². The second-order valence-electron chi connectivity index (χ2n) is 6.21. The van der Waals surface area contributed by atoms with E-state index in [0.29, 0.717) is 29.6 Å². The number of carboxylic acids is 1. The van der Waals surface area contributed by atoms with Gasteiger partial charge in [0.05, 0.1) is 17.8 Å². The van der Waals surface area contributed by atoms with Crippen molar-refractivity contribution in [3.63, 3.8) is 0 Å². The molecule has 3 saturated heterocycles. The molecule has 3 fully saturated rings. The van der Waals surface area contributed by atoms with Crippen LogP contribution in [0.25, 0.3) is 0 Å². The van der Waals surface area contributed by atoms with Gasteiger partial charge in [0.1, 0.15) is 0 Å². The Balaban J connectivity index is 1.50. The highest BCUT2D eigenvalue weighted by Gasteiger charge is 2.53. The number of carbonyl (C=O) groups is 2. The number of carbonyl (C=O) groups excluding carboxylic acids is 1. The number of aromatic carboxylic acids is 1. The highest BCUT2D eigenvalue weighted by atomic mass is 16.5. The largest absolute Gasteiger partial charge is 0.478 e. The summed E-state index contributed by atoms with van der Waals surface area (Å²) in [5.74, 6) is 0.0103. The molecule has 1 aromatic carbocycles. The van der Waals surface area contributed by atoms with Crippen LogP contribution in [0.15, 0.2) is 24.3 Å². The van der Waals surface area contributed by atoms with Crippen molar-refractivity contribution in [1.82, 2.24) is 4.90 Å². The second-order valence-corrected chi connectivity index (χ2v) is 6.21. The highest BCUT2D eigenvalue weighted by molar-refractivity contribution is 5.96. The summed E-state index contributed by atoms with van der Waals surface area (Å²) in [5, 5.41) is 8.89. The summed E-state index contributed by atoms with van der Waals surface area (Å²) in [6.07, 6.45) is 2.93. The van der Waals surface area contributed by atoms with Crippen LogP contribution in [0.3, 0.4) is 0 Å². The van der Waals surface area contributed by atoms with Crippen LogP contribution in [-0.2, 0) is 4.74 Å². The van der Waals surface area contributed by atoms with Crippen molar-refractivity contribution in [1.29, 1.82) is 0 Å². The maximum atomic E-state index is 12.5. The number of amides is 1. The topological polar surface area (TPSA) is 66.8 Å². The summed E-state index contributed by atoms with van der Waals surface area (Å²) in [4.78, 5) is 25.3. The van der Waals surface area contributed by atoms with Gasteiger partial charge >= 0.3 is 5.97 Å². The molecule has 0 unspecified atom stereocenters. The fraction of sp³-hybridized carbons (Fsp3) is 0.500. The molecule has 2 bridgehead atoms. The first-order valence-electron chi connectivity index (χ1n) is 7.41. The molecule has 0 saturated carbocycles. The Labute approximate surface area is 122 Å². The van der Waals surface area contributed by atoms with E-state index in [9.17, 15) is 9.59 Å². The van der Waals surface area contributed by atoms with Gasteiger partial charge in [-0.05, 0) is 37.1 Å². The van der Waals surface area contributed by atoms with E-state index in [4.69, 9.17) is 9.84 Å². The van der Waals surface area contributed by atoms with Crippen molar-refractivity contribution in [3.8, 4) is 0 Å². The van der Waals surface area contributed by atoms with Crippen LogP contribution >= 0.6 is 0 Å². The van der Waals surface area contributed by atoms with Crippen LogP contribution < -0.4 is 0 Å². The van der Waals surface area contributed by atoms with Gasteiger partial charge < -0.3 is 14.7 Å². The van der Waals surface area contributed by atoms with E-state index in [0.717, 1.165) is 25.9 Å². The van der Waals surface area contributed by atoms with Crippen LogP contribution in [0.4, 0.5) is 0 Å². The van der Waals surface area contributed by atoms with Crippen LogP contribution in [0.2, 0.25) is 0 Å². The lowest BCUT2D eigenvalue weighted by Gasteiger charge is -2.19. The summed E-state index contributed by atoms with van der Waals surface area (Å²) in [6, 6.07) is 6.18. The van der Waals surface area contributed by atoms with E-state index in [1.807, 2.05) is 4.90 Å². The standard InChI is InChI=1S/C16H17NO4/c18-15(9-1-3-10(4-2-9)16(19)20)17-7-11-12(8-17)14-6-5-13(11)21-14/h1-4,11-14H,5-8H2,(H,19,20)/t11-,12+,13-,14-/m1/s1. The van der Waals surface area contributed by atoms with Gasteiger partial charge in [0, 0.05) is 30.5 Å². The Morgan fingerprint density at radius 2 is 1.52 bits per heavy atom. The molecule has 3 heterocycles. The third-order valence-corrected chi connectivity index (χ3v) is 5.12. The minimum Gasteiger partial charge on any atom is -0.478 e. The van der Waals surface area contributed by atoms with Crippen molar-refractivity contribution in [2.75, 3.05) is 13.1 Å². The molecule has 0 spiro atoms. The maximum Gasteiger partial charge on any atom is 0.335 e. The molecule has 3 aliphatic heterocycles. The van der Waals surface area contributed by atoms with Crippen molar-refractivity contribution < 1.29 is 19.4 Å². The first-order valence-corrected chi connectivity index (χ1v) is 7.41. The highest BCUT2D eigenvalue weighted by Crippen LogP contribution is 2.47. The molecule has 5 nitrogen and oxygen atoms in total. The molecular weight excluding hydrogens is 270 g/mol. The van der Waals surface area contributed by atoms with Gasteiger partial charge in [-0.2, -0.15) is 0 Å². The van der Waals surface area contributed by atoms with E-state index in [1.165, 1.54) is 12.1 Å². The van der Waals surface area contributed by atoms with Crippen molar-refractivity contribution in [3.05, 3.63) is 35.4 Å². The van der Waals surface area contributed by atoms with Gasteiger partial charge in [0.25, 0.3) is 5.91 Å². The fourth-order valence-electron chi connectivity index (χ4n) is 4.06. The maximum absolute atomic E-state index is 12.5. The van der Waals surface area contributed by atoms with E-state index >= 15 is 0 Å². The summed E-state index contributed by atoms with van der Waals surface area (Å²) in [5.41, 5.74) is 0.768. The third kappa shape index (κ3) is 1.95. The van der Waals surface area contributed by atoms with Crippen molar-refractivity contribution in [2.45, 2.75) is 25.0 Å². The van der Waals surface area contributed by atoms with Crippen molar-refractivity contribution in [2.24, 2.45) is 11.8 Å². The zero-order valence-electron chi connectivity index (χ0n) is 11.6. The van der Waals surface area contributed by atoms with Gasteiger partial charge in [-0.1, -0.05) is 0 Å². The minimum absolute atomic E-state index is 0.000684. The average Bonchev–Trinajstić information content (AvgIpc) is 3.18. The Bertz CT molecular complexity index is 579. The van der Waals surface area contributed by atoms with Crippen LogP contribution in [0, 0.1) is 11.8 Å². The molecule has 1 amide bonds. The first-order chi connectivity index (χ1) is 10.1. The number of likely N-dealkylation sites (tertiary alicyclic amines) is 1. The van der Waals surface area contributed by atoms with E-state index in [-0.39, 0.29) is 11.5 Å². The predicted octanol–water partition coefficient (Wildman–Crippen LogP) is 1.63. The summed E-state index contributed by atoms with van der Waals surface area (Å²) >= 11 is 0. The summed E-state index contributed by atoms with van der Waals surface area (Å²) in [7, 11) is 0. The van der Waals surface area contributed by atoms with E-state index < -0.39 is 5.97 Å². The van der Waals surface area contributed by atoms with Gasteiger partial charge in [0.15, 0.2) is 0 Å². The van der Waals surface area contributed by atoms with Gasteiger partial charge in [-0.25, -0.2) is 4.79 Å². The number of hydrogen-bond acceptors (Lipinski definition) is 3. The van der Waals surface area contributed by atoms with E-state index in [1.54, 1.807) is 12.1 Å². The average molecular weight is 287 g/mol. The minimum atomic E-state index is -0.974. The number of ether oxygens (including phenoxy) is 1. The zero-order valence-corrected chi connectivity index (χ0v) is 11.6. The number of nitrogens with zero attached hydrogens (tertiary/aromatic N) is 1. The number of carboxylic acid groups (broad SMARTS) is 1. The van der Waals surface area contributed by atoms with Crippen LogP contribution in [-0.4, -0.2) is 47.2 Å². The normalized spacial score (nSPS) is 33.2. The molecule has 0 aromatic heterocycles. The van der Waals surface area contributed by atoms with E-state index in [2.05, 4.69) is 0 Å². The molecule has 21 heavy (non-hydrogen) atoms. The summed E-state index contributed by atoms with van der Waals surface area (Å²) in [6.45, 7) is 1.54. The quantitative estimate of drug-likeness (QED) is 0.898. The van der Waals surface area contributed by atoms with Crippen LogP contribution in [0.1, 0.15) is 33.6 Å². The van der Waals surface area contributed by atoms with Crippen molar-refractivity contribution >= 4 is 11.9 Å². The second kappa shape index (κ2) is 4.56. The summed E-state index contributed by atoms with van der Waals surface area (Å²) < 4.78 is 5.91. The molecule has 5 heteroatoms.